The lowest BCUT2D eigenvalue weighted by atomic mass is 9.60. The van der Waals surface area contributed by atoms with E-state index in [1.165, 1.54) is 141 Å². The van der Waals surface area contributed by atoms with Crippen molar-refractivity contribution < 1.29 is 20.4 Å². The van der Waals surface area contributed by atoms with Crippen molar-refractivity contribution in [3.63, 3.8) is 0 Å². The molecule has 0 spiro atoms. The number of rotatable bonds is 4. The molecule has 1 fully saturated rings. The smallest absolute Gasteiger partial charge is 0.0516 e. The molecule has 0 unspecified atom stereocenters. The predicted molar refractivity (Wildman–Crippen MR) is 162 cm³/mol. The third-order valence-corrected chi connectivity index (χ3v) is 9.90. The molecule has 0 amide bonds. The summed E-state index contributed by atoms with van der Waals surface area (Å²) in [6, 6.07) is 0. The van der Waals surface area contributed by atoms with Crippen LogP contribution in [0.15, 0.2) is 0 Å². The van der Waals surface area contributed by atoms with Gasteiger partial charge < -0.3 is 20.4 Å². The first kappa shape index (κ1) is 35.9. The molecule has 1 aliphatic carbocycles. The summed E-state index contributed by atoms with van der Waals surface area (Å²) in [4.78, 5) is 0. The molecule has 0 radical (unpaired) electrons. The maximum atomic E-state index is 10.4. The third kappa shape index (κ3) is 15.0. The van der Waals surface area contributed by atoms with E-state index in [1.54, 1.807) is 0 Å². The Kier molecular flexibility index (Phi) is 23.2. The van der Waals surface area contributed by atoms with Gasteiger partial charge in [0.2, 0.25) is 0 Å². The summed E-state index contributed by atoms with van der Waals surface area (Å²) in [7, 11) is 0. The molecular weight excluding hydrogens is 472 g/mol. The molecular formula is C34H68O4. The highest BCUT2D eigenvalue weighted by molar-refractivity contribution is 4.97. The lowest BCUT2D eigenvalue weighted by Crippen LogP contribution is -2.52. The molecule has 1 rings (SSSR count). The first-order chi connectivity index (χ1) is 18.7. The Morgan fingerprint density at radius 2 is 0.368 bits per heavy atom. The number of hydrogen-bond acceptors (Lipinski definition) is 4. The quantitative estimate of drug-likeness (QED) is 0.287. The highest BCUT2D eigenvalue weighted by atomic mass is 16.3. The summed E-state index contributed by atoms with van der Waals surface area (Å²) in [5.74, 6) is 0. The molecule has 0 aromatic rings. The third-order valence-electron chi connectivity index (χ3n) is 9.90. The molecule has 0 saturated heterocycles. The molecule has 1 saturated carbocycles. The van der Waals surface area contributed by atoms with Crippen LogP contribution in [0, 0.1) is 10.8 Å². The van der Waals surface area contributed by atoms with Gasteiger partial charge >= 0.3 is 0 Å². The Bertz CT molecular complexity index is 443. The van der Waals surface area contributed by atoms with Crippen LogP contribution in [-0.4, -0.2) is 46.9 Å². The maximum absolute atomic E-state index is 10.4. The largest absolute Gasteiger partial charge is 0.396 e. The fourth-order valence-corrected chi connectivity index (χ4v) is 6.79. The predicted octanol–water partition coefficient (Wildman–Crippen LogP) is 8.86. The van der Waals surface area contributed by atoms with E-state index < -0.39 is 10.8 Å². The molecule has 0 atom stereocenters. The maximum Gasteiger partial charge on any atom is 0.0516 e. The van der Waals surface area contributed by atoms with Crippen LogP contribution < -0.4 is 0 Å². The van der Waals surface area contributed by atoms with Gasteiger partial charge in [-0.1, -0.05) is 167 Å². The van der Waals surface area contributed by atoms with Gasteiger partial charge in [0, 0.05) is 10.8 Å². The Morgan fingerprint density at radius 1 is 0.237 bits per heavy atom. The highest BCUT2D eigenvalue weighted by Crippen LogP contribution is 2.46. The molecule has 0 aromatic heterocycles. The van der Waals surface area contributed by atoms with Crippen molar-refractivity contribution in [1.29, 1.82) is 0 Å². The molecule has 4 N–H and O–H groups in total. The average Bonchev–Trinajstić information content (AvgIpc) is 2.94. The van der Waals surface area contributed by atoms with Gasteiger partial charge in [-0.3, -0.25) is 0 Å². The van der Waals surface area contributed by atoms with Crippen molar-refractivity contribution in [3.8, 4) is 0 Å². The van der Waals surface area contributed by atoms with Crippen molar-refractivity contribution in [2.45, 2.75) is 180 Å². The van der Waals surface area contributed by atoms with E-state index in [0.717, 1.165) is 25.7 Å². The first-order valence-electron chi connectivity index (χ1n) is 17.1. The van der Waals surface area contributed by atoms with Crippen molar-refractivity contribution >= 4 is 0 Å². The van der Waals surface area contributed by atoms with Crippen LogP contribution in [0.5, 0.6) is 0 Å². The van der Waals surface area contributed by atoms with Gasteiger partial charge in [-0.15, -0.1) is 0 Å². The van der Waals surface area contributed by atoms with Crippen LogP contribution in [0.25, 0.3) is 0 Å². The van der Waals surface area contributed by atoms with E-state index in [2.05, 4.69) is 0 Å². The molecule has 1 aliphatic rings. The van der Waals surface area contributed by atoms with Crippen molar-refractivity contribution in [2.24, 2.45) is 10.8 Å². The van der Waals surface area contributed by atoms with E-state index in [4.69, 9.17) is 0 Å². The molecule has 4 nitrogen and oxygen atoms in total. The normalized spacial score (nSPS) is 24.3. The lowest BCUT2D eigenvalue weighted by Gasteiger charge is -2.47. The topological polar surface area (TPSA) is 80.9 Å². The minimum absolute atomic E-state index is 0.176. The molecule has 0 aliphatic heterocycles. The van der Waals surface area contributed by atoms with Crippen LogP contribution in [0.3, 0.4) is 0 Å². The van der Waals surface area contributed by atoms with Crippen LogP contribution in [-0.2, 0) is 0 Å². The van der Waals surface area contributed by atoms with Gasteiger partial charge in [-0.05, 0) is 12.8 Å². The van der Waals surface area contributed by atoms with Crippen LogP contribution in [0.2, 0.25) is 0 Å². The minimum Gasteiger partial charge on any atom is -0.396 e. The molecule has 38 heavy (non-hydrogen) atoms. The van der Waals surface area contributed by atoms with Crippen LogP contribution in [0.4, 0.5) is 0 Å². The number of aliphatic hydroxyl groups excluding tert-OH is 4. The van der Waals surface area contributed by atoms with Gasteiger partial charge in [0.25, 0.3) is 0 Å². The second-order valence-electron chi connectivity index (χ2n) is 12.9. The zero-order valence-corrected chi connectivity index (χ0v) is 25.4. The average molecular weight is 541 g/mol. The molecule has 0 heterocycles. The summed E-state index contributed by atoms with van der Waals surface area (Å²) >= 11 is 0. The van der Waals surface area contributed by atoms with Gasteiger partial charge in [-0.2, -0.15) is 0 Å². The summed E-state index contributed by atoms with van der Waals surface area (Å²) in [5, 5.41) is 41.5. The summed E-state index contributed by atoms with van der Waals surface area (Å²) < 4.78 is 0. The second-order valence-corrected chi connectivity index (χ2v) is 12.9. The van der Waals surface area contributed by atoms with Gasteiger partial charge in [0.1, 0.15) is 0 Å². The molecule has 228 valence electrons. The van der Waals surface area contributed by atoms with Crippen molar-refractivity contribution in [3.05, 3.63) is 0 Å². The summed E-state index contributed by atoms with van der Waals surface area (Å²) in [6.45, 7) is -0.704. The van der Waals surface area contributed by atoms with E-state index in [1.807, 2.05) is 0 Å². The summed E-state index contributed by atoms with van der Waals surface area (Å²) in [5.41, 5.74) is -1.62. The van der Waals surface area contributed by atoms with E-state index >= 15 is 0 Å². The standard InChI is InChI=1S/C34H68O4/c35-29-33(30-36)27-25-23-21-19-17-15-13-11-9-7-5-3-1-2-4-6-8-10-12-14-16-18-20-22-24-26-28-34(33,31-37)32-38/h35-38H,1-32H2. The molecule has 4 heteroatoms. The molecule has 0 aromatic carbocycles. The first-order valence-corrected chi connectivity index (χ1v) is 17.1. The van der Waals surface area contributed by atoms with Crippen LogP contribution in [0.1, 0.15) is 180 Å². The van der Waals surface area contributed by atoms with Gasteiger partial charge in [0.05, 0.1) is 26.4 Å². The Labute approximate surface area is 237 Å². The van der Waals surface area contributed by atoms with Crippen molar-refractivity contribution in [1.82, 2.24) is 0 Å². The van der Waals surface area contributed by atoms with Gasteiger partial charge in [-0.25, -0.2) is 0 Å². The Balaban J connectivity index is 2.50. The van der Waals surface area contributed by atoms with E-state index in [0.29, 0.717) is 12.8 Å². The van der Waals surface area contributed by atoms with Gasteiger partial charge in [0.15, 0.2) is 0 Å². The fourth-order valence-electron chi connectivity index (χ4n) is 6.79. The number of aliphatic hydroxyl groups is 4. The zero-order valence-electron chi connectivity index (χ0n) is 25.4. The van der Waals surface area contributed by atoms with Crippen molar-refractivity contribution in [2.75, 3.05) is 26.4 Å². The SMILES string of the molecule is OCC1(CO)CCCCCCCCCCCCCCCCCCCCCCCCCCCCC1(CO)CO. The van der Waals surface area contributed by atoms with Crippen LogP contribution >= 0.6 is 0 Å². The monoisotopic (exact) mass is 541 g/mol. The van der Waals surface area contributed by atoms with E-state index in [9.17, 15) is 20.4 Å². The minimum atomic E-state index is -0.809. The zero-order chi connectivity index (χ0) is 27.6. The molecule has 0 bridgehead atoms. The second kappa shape index (κ2) is 24.6. The highest BCUT2D eigenvalue weighted by Gasteiger charge is 2.49. The lowest BCUT2D eigenvalue weighted by molar-refractivity contribution is -0.124. The van der Waals surface area contributed by atoms with E-state index in [-0.39, 0.29) is 26.4 Å². The number of hydrogen-bond donors (Lipinski definition) is 4. The fraction of sp³-hybridized carbons (Fsp3) is 1.00. The Morgan fingerprint density at radius 3 is 0.500 bits per heavy atom. The Hall–Kier alpha value is -0.160. The summed E-state index contributed by atoms with van der Waals surface area (Å²) in [6.07, 6.45) is 35.4.